The summed E-state index contributed by atoms with van der Waals surface area (Å²) in [6, 6.07) is 18.6. The Morgan fingerprint density at radius 3 is 2.00 bits per heavy atom. The summed E-state index contributed by atoms with van der Waals surface area (Å²) in [5.41, 5.74) is 1.65. The first-order valence-corrected chi connectivity index (χ1v) is 12.3. The highest BCUT2D eigenvalue weighted by Gasteiger charge is 2.44. The summed E-state index contributed by atoms with van der Waals surface area (Å²) in [7, 11) is -6.63. The summed E-state index contributed by atoms with van der Waals surface area (Å²) >= 11 is 0. The van der Waals surface area contributed by atoms with Gasteiger partial charge in [0.05, 0.1) is 19.8 Å². The van der Waals surface area contributed by atoms with Crippen molar-refractivity contribution in [3.05, 3.63) is 71.8 Å². The fraction of sp³-hybridized carbons (Fsp3) is 0.368. The van der Waals surface area contributed by atoms with Crippen molar-refractivity contribution in [2.24, 2.45) is 0 Å². The van der Waals surface area contributed by atoms with Gasteiger partial charge in [0, 0.05) is 20.2 Å². The number of morpholine rings is 1. The van der Waals surface area contributed by atoms with Crippen LogP contribution in [0.1, 0.15) is 11.1 Å². The smallest absolute Gasteiger partial charge is 0.363 e. The van der Waals surface area contributed by atoms with Crippen LogP contribution in [0, 0.1) is 0 Å². The number of nitrogens with zero attached hydrogens (tertiary/aromatic N) is 1. The quantitative estimate of drug-likeness (QED) is 0.584. The summed E-state index contributed by atoms with van der Waals surface area (Å²) in [4.78, 5) is 9.98. The number of rotatable bonds is 9. The average molecular weight is 441 g/mol. The average Bonchev–Trinajstić information content (AvgIpc) is 2.78. The Hall–Kier alpha value is -1.34. The third-order valence-electron chi connectivity index (χ3n) is 4.48. The van der Waals surface area contributed by atoms with Gasteiger partial charge < -0.3 is 23.2 Å². The molecular weight excluding hydrogens is 416 g/mol. The maximum absolute atomic E-state index is 13.7. The van der Waals surface area contributed by atoms with Crippen molar-refractivity contribution in [1.29, 1.82) is 0 Å². The number of hydrogen-bond acceptors (Lipinski definition) is 6. The second-order valence-corrected chi connectivity index (χ2v) is 10.6. The van der Waals surface area contributed by atoms with E-state index < -0.39 is 21.2 Å². The largest absolute Gasteiger partial charge is 0.405 e. The molecule has 1 aliphatic heterocycles. The van der Waals surface area contributed by atoms with E-state index >= 15 is 0 Å². The van der Waals surface area contributed by atoms with Crippen molar-refractivity contribution in [3.63, 3.8) is 0 Å². The van der Waals surface area contributed by atoms with Crippen molar-refractivity contribution in [2.45, 2.75) is 19.1 Å². The van der Waals surface area contributed by atoms with Gasteiger partial charge in [-0.3, -0.25) is 4.57 Å². The highest BCUT2D eigenvalue weighted by atomic mass is 31.2. The van der Waals surface area contributed by atoms with Gasteiger partial charge in [0.1, 0.15) is 0 Å². The van der Waals surface area contributed by atoms with Gasteiger partial charge in [-0.05, 0) is 11.1 Å². The topological polar surface area (TPSA) is 94.5 Å². The molecule has 0 amide bonds. The van der Waals surface area contributed by atoms with E-state index in [0.29, 0.717) is 0 Å². The van der Waals surface area contributed by atoms with Gasteiger partial charge in [-0.1, -0.05) is 60.7 Å². The summed E-state index contributed by atoms with van der Waals surface area (Å²) in [6.45, 7) is 0.297. The molecule has 2 aromatic carbocycles. The molecule has 158 valence electrons. The summed E-state index contributed by atoms with van der Waals surface area (Å²) in [5.74, 6) is -1.01. The molecule has 2 unspecified atom stereocenters. The fourth-order valence-electron chi connectivity index (χ4n) is 2.84. The maximum Gasteiger partial charge on any atom is 0.405 e. The summed E-state index contributed by atoms with van der Waals surface area (Å²) < 4.78 is 48.9. The van der Waals surface area contributed by atoms with Crippen LogP contribution in [0.3, 0.4) is 0 Å². The molecule has 1 aliphatic rings. The predicted octanol–water partition coefficient (Wildman–Crippen LogP) is 4.02. The molecule has 3 rings (SSSR count). The van der Waals surface area contributed by atoms with E-state index in [4.69, 9.17) is 18.3 Å². The third kappa shape index (κ3) is 6.07. The molecule has 1 fully saturated rings. The van der Waals surface area contributed by atoms with E-state index in [0.717, 1.165) is 18.2 Å². The minimum atomic E-state index is -3.99. The van der Waals surface area contributed by atoms with Crippen LogP contribution in [0.2, 0.25) is 0 Å². The van der Waals surface area contributed by atoms with E-state index in [1.54, 1.807) is 0 Å². The van der Waals surface area contributed by atoms with E-state index in [-0.39, 0.29) is 32.9 Å². The number of hydrogen-bond donors (Lipinski definition) is 1. The van der Waals surface area contributed by atoms with Gasteiger partial charge in [-0.15, -0.1) is 0 Å². The molecule has 10 heteroatoms. The fourth-order valence-corrected chi connectivity index (χ4v) is 5.63. The van der Waals surface area contributed by atoms with Gasteiger partial charge in [0.2, 0.25) is 0 Å². The number of ether oxygens (including phenoxy) is 1. The zero-order valence-corrected chi connectivity index (χ0v) is 17.9. The van der Waals surface area contributed by atoms with Crippen molar-refractivity contribution in [3.8, 4) is 0 Å². The Balaban J connectivity index is 1.77. The first-order valence-electron chi connectivity index (χ1n) is 9.15. The van der Waals surface area contributed by atoms with E-state index in [2.05, 4.69) is 0 Å². The van der Waals surface area contributed by atoms with Crippen LogP contribution in [-0.4, -0.2) is 42.2 Å². The van der Waals surface area contributed by atoms with E-state index in [1.165, 1.54) is 4.67 Å². The monoisotopic (exact) mass is 441 g/mol. The Bertz CT molecular complexity index is 818. The SMILES string of the molecule is COP(=O)(O)N1CCOC(P(=O)(OCc2ccccc2)OCc2ccccc2)C1. The summed E-state index contributed by atoms with van der Waals surface area (Å²) in [5, 5.41) is 0. The lowest BCUT2D eigenvalue weighted by Gasteiger charge is -2.36. The van der Waals surface area contributed by atoms with Gasteiger partial charge in [-0.25, -0.2) is 9.24 Å². The Morgan fingerprint density at radius 2 is 1.52 bits per heavy atom. The van der Waals surface area contributed by atoms with Crippen LogP contribution >= 0.6 is 15.3 Å². The molecule has 0 aromatic heterocycles. The molecule has 1 N–H and O–H groups in total. The Kier molecular flexibility index (Phi) is 7.79. The van der Waals surface area contributed by atoms with Crippen LogP contribution in [0.5, 0.6) is 0 Å². The normalized spacial score (nSPS) is 20.3. The molecule has 2 aromatic rings. The van der Waals surface area contributed by atoms with Crippen molar-refractivity contribution in [2.75, 3.05) is 26.8 Å². The molecule has 0 bridgehead atoms. The molecule has 8 nitrogen and oxygen atoms in total. The van der Waals surface area contributed by atoms with Crippen LogP contribution in [-0.2, 0) is 40.7 Å². The van der Waals surface area contributed by atoms with E-state index in [9.17, 15) is 14.0 Å². The minimum absolute atomic E-state index is 0.0633. The molecule has 0 saturated carbocycles. The van der Waals surface area contributed by atoms with E-state index in [1.807, 2.05) is 60.7 Å². The lowest BCUT2D eigenvalue weighted by atomic mass is 10.2. The van der Waals surface area contributed by atoms with Gasteiger partial charge >= 0.3 is 15.3 Å². The second-order valence-electron chi connectivity index (χ2n) is 6.47. The standard InChI is InChI=1S/C19H25NO7P2/c1-24-29(22,23)20-12-13-25-19(14-20)28(21,26-15-17-8-4-2-5-9-17)27-16-18-10-6-3-7-11-18/h2-11,19H,12-16H2,1H3,(H,22,23). The first-order chi connectivity index (χ1) is 13.9. The molecule has 1 heterocycles. The van der Waals surface area contributed by atoms with Gasteiger partial charge in [-0.2, -0.15) is 0 Å². The van der Waals surface area contributed by atoms with Gasteiger partial charge in [0.15, 0.2) is 5.85 Å². The van der Waals surface area contributed by atoms with Crippen LogP contribution in [0.4, 0.5) is 0 Å². The predicted molar refractivity (Wildman–Crippen MR) is 108 cm³/mol. The molecule has 0 aliphatic carbocycles. The van der Waals surface area contributed by atoms with Crippen LogP contribution in [0.15, 0.2) is 60.7 Å². The van der Waals surface area contributed by atoms with Crippen LogP contribution in [0.25, 0.3) is 0 Å². The first kappa shape index (κ1) is 22.3. The Labute approximate surface area is 170 Å². The van der Waals surface area contributed by atoms with Crippen molar-refractivity contribution in [1.82, 2.24) is 4.67 Å². The molecular formula is C19H25NO7P2. The lowest BCUT2D eigenvalue weighted by molar-refractivity contribution is 0.00949. The molecule has 29 heavy (non-hydrogen) atoms. The second kappa shape index (κ2) is 10.1. The number of benzene rings is 2. The van der Waals surface area contributed by atoms with Gasteiger partial charge in [0.25, 0.3) is 0 Å². The molecule has 2 atom stereocenters. The highest BCUT2D eigenvalue weighted by Crippen LogP contribution is 2.58. The zero-order chi connectivity index (χ0) is 20.7. The van der Waals surface area contributed by atoms with Crippen LogP contribution < -0.4 is 0 Å². The lowest BCUT2D eigenvalue weighted by Crippen LogP contribution is -2.41. The highest BCUT2D eigenvalue weighted by molar-refractivity contribution is 7.54. The third-order valence-corrected chi connectivity index (χ3v) is 8.03. The maximum atomic E-state index is 13.7. The summed E-state index contributed by atoms with van der Waals surface area (Å²) in [6.07, 6.45) is 0. The molecule has 0 radical (unpaired) electrons. The van der Waals surface area contributed by atoms with Crippen molar-refractivity contribution < 1.29 is 32.3 Å². The molecule has 1 saturated heterocycles. The molecule has 0 spiro atoms. The van der Waals surface area contributed by atoms with Crippen molar-refractivity contribution >= 4 is 15.3 Å². The Morgan fingerprint density at radius 1 is 1.00 bits per heavy atom. The minimum Gasteiger partial charge on any atom is -0.363 e. The zero-order valence-electron chi connectivity index (χ0n) is 16.1.